The van der Waals surface area contributed by atoms with Crippen molar-refractivity contribution in [2.45, 2.75) is 6.61 Å². The van der Waals surface area contributed by atoms with Crippen LogP contribution in [0.25, 0.3) is 10.9 Å². The zero-order chi connectivity index (χ0) is 9.26. The molecule has 0 unspecified atom stereocenters. The SMILES string of the molecule is OCc1cc(Cl)nc2ccccc12. The molecule has 0 spiro atoms. The molecule has 13 heavy (non-hydrogen) atoms. The van der Waals surface area contributed by atoms with Crippen molar-refractivity contribution in [3.8, 4) is 0 Å². The van der Waals surface area contributed by atoms with E-state index in [1.54, 1.807) is 6.07 Å². The van der Waals surface area contributed by atoms with Crippen LogP contribution in [-0.2, 0) is 6.61 Å². The molecule has 1 aromatic carbocycles. The lowest BCUT2D eigenvalue weighted by molar-refractivity contribution is 0.283. The maximum atomic E-state index is 9.07. The first kappa shape index (κ1) is 8.48. The molecule has 0 aliphatic rings. The lowest BCUT2D eigenvalue weighted by Gasteiger charge is -2.02. The first-order valence-electron chi connectivity index (χ1n) is 3.96. The number of aromatic nitrogens is 1. The van der Waals surface area contributed by atoms with Gasteiger partial charge < -0.3 is 5.11 Å². The standard InChI is InChI=1S/C10H8ClNO/c11-10-5-7(6-13)8-3-1-2-4-9(8)12-10/h1-5,13H,6H2. The summed E-state index contributed by atoms with van der Waals surface area (Å²) in [6, 6.07) is 9.29. The molecule has 1 aromatic heterocycles. The third kappa shape index (κ3) is 1.50. The van der Waals surface area contributed by atoms with Crippen LogP contribution < -0.4 is 0 Å². The molecule has 0 saturated heterocycles. The maximum Gasteiger partial charge on any atom is 0.130 e. The highest BCUT2D eigenvalue weighted by Crippen LogP contribution is 2.20. The second kappa shape index (κ2) is 3.32. The van der Waals surface area contributed by atoms with Crippen molar-refractivity contribution in [1.29, 1.82) is 0 Å². The second-order valence-electron chi connectivity index (χ2n) is 2.78. The second-order valence-corrected chi connectivity index (χ2v) is 3.17. The van der Waals surface area contributed by atoms with Crippen molar-refractivity contribution in [3.05, 3.63) is 41.0 Å². The molecular weight excluding hydrogens is 186 g/mol. The minimum atomic E-state index is -0.0112. The molecule has 0 aliphatic carbocycles. The quantitative estimate of drug-likeness (QED) is 0.706. The van der Waals surface area contributed by atoms with Crippen LogP contribution in [0.5, 0.6) is 0 Å². The summed E-state index contributed by atoms with van der Waals surface area (Å²) in [6.07, 6.45) is 0. The Labute approximate surface area is 80.8 Å². The molecule has 2 aromatic rings. The molecule has 0 aliphatic heterocycles. The Morgan fingerprint density at radius 3 is 2.85 bits per heavy atom. The van der Waals surface area contributed by atoms with Crippen molar-refractivity contribution in [3.63, 3.8) is 0 Å². The maximum absolute atomic E-state index is 9.07. The fourth-order valence-electron chi connectivity index (χ4n) is 1.34. The van der Waals surface area contributed by atoms with Crippen LogP contribution in [0.2, 0.25) is 5.15 Å². The van der Waals surface area contributed by atoms with Gasteiger partial charge in [0.05, 0.1) is 12.1 Å². The summed E-state index contributed by atoms with van der Waals surface area (Å²) in [5.74, 6) is 0. The van der Waals surface area contributed by atoms with Gasteiger partial charge in [-0.2, -0.15) is 0 Å². The predicted molar refractivity (Wildman–Crippen MR) is 52.7 cm³/mol. The van der Waals surface area contributed by atoms with Gasteiger partial charge in [0, 0.05) is 5.39 Å². The van der Waals surface area contributed by atoms with Crippen molar-refractivity contribution < 1.29 is 5.11 Å². The number of aliphatic hydroxyl groups is 1. The number of hydrogen-bond donors (Lipinski definition) is 1. The largest absolute Gasteiger partial charge is 0.392 e. The van der Waals surface area contributed by atoms with E-state index < -0.39 is 0 Å². The van der Waals surface area contributed by atoms with Gasteiger partial charge in [-0.15, -0.1) is 0 Å². The van der Waals surface area contributed by atoms with Crippen molar-refractivity contribution in [2.24, 2.45) is 0 Å². The molecule has 0 amide bonds. The zero-order valence-electron chi connectivity index (χ0n) is 6.87. The molecule has 0 radical (unpaired) electrons. The van der Waals surface area contributed by atoms with E-state index in [1.807, 2.05) is 24.3 Å². The summed E-state index contributed by atoms with van der Waals surface area (Å²) >= 11 is 5.78. The summed E-state index contributed by atoms with van der Waals surface area (Å²) < 4.78 is 0. The number of nitrogens with zero attached hydrogens (tertiary/aromatic N) is 1. The molecule has 66 valence electrons. The number of pyridine rings is 1. The van der Waals surface area contributed by atoms with E-state index in [0.717, 1.165) is 16.5 Å². The monoisotopic (exact) mass is 193 g/mol. The average molecular weight is 194 g/mol. The summed E-state index contributed by atoms with van der Waals surface area (Å²) in [5, 5.41) is 10.4. The smallest absolute Gasteiger partial charge is 0.130 e. The summed E-state index contributed by atoms with van der Waals surface area (Å²) in [5.41, 5.74) is 1.63. The van der Waals surface area contributed by atoms with Gasteiger partial charge in [0.15, 0.2) is 0 Å². The average Bonchev–Trinajstić information content (AvgIpc) is 2.16. The van der Waals surface area contributed by atoms with Crippen molar-refractivity contribution in [2.75, 3.05) is 0 Å². The van der Waals surface area contributed by atoms with Crippen LogP contribution in [0.1, 0.15) is 5.56 Å². The van der Waals surface area contributed by atoms with E-state index in [-0.39, 0.29) is 6.61 Å². The molecule has 1 N–H and O–H groups in total. The van der Waals surface area contributed by atoms with E-state index in [0.29, 0.717) is 5.15 Å². The van der Waals surface area contributed by atoms with Gasteiger partial charge in [-0.05, 0) is 17.7 Å². The van der Waals surface area contributed by atoms with Crippen LogP contribution in [0, 0.1) is 0 Å². The first-order valence-corrected chi connectivity index (χ1v) is 4.34. The van der Waals surface area contributed by atoms with E-state index in [1.165, 1.54) is 0 Å². The zero-order valence-corrected chi connectivity index (χ0v) is 7.62. The highest BCUT2D eigenvalue weighted by molar-refractivity contribution is 6.29. The topological polar surface area (TPSA) is 33.1 Å². The number of para-hydroxylation sites is 1. The lowest BCUT2D eigenvalue weighted by atomic mass is 10.1. The number of aliphatic hydroxyl groups excluding tert-OH is 1. The number of benzene rings is 1. The highest BCUT2D eigenvalue weighted by atomic mass is 35.5. The molecule has 3 heteroatoms. The number of rotatable bonds is 1. The summed E-state index contributed by atoms with van der Waals surface area (Å²) in [7, 11) is 0. The Morgan fingerprint density at radius 1 is 1.31 bits per heavy atom. The van der Waals surface area contributed by atoms with Gasteiger partial charge in [-0.3, -0.25) is 0 Å². The number of halogens is 1. The Hall–Kier alpha value is -1.12. The fourth-order valence-corrected chi connectivity index (χ4v) is 1.57. The number of hydrogen-bond acceptors (Lipinski definition) is 2. The Morgan fingerprint density at radius 2 is 2.08 bits per heavy atom. The molecular formula is C10H8ClNO. The molecule has 2 rings (SSSR count). The predicted octanol–water partition coefficient (Wildman–Crippen LogP) is 2.38. The highest BCUT2D eigenvalue weighted by Gasteiger charge is 2.02. The third-order valence-electron chi connectivity index (χ3n) is 1.94. The van der Waals surface area contributed by atoms with Crippen LogP contribution >= 0.6 is 11.6 Å². The summed E-state index contributed by atoms with van der Waals surface area (Å²) in [4.78, 5) is 4.14. The van der Waals surface area contributed by atoms with Gasteiger partial charge in [-0.1, -0.05) is 29.8 Å². The molecule has 2 nitrogen and oxygen atoms in total. The van der Waals surface area contributed by atoms with E-state index in [4.69, 9.17) is 16.7 Å². The van der Waals surface area contributed by atoms with E-state index in [2.05, 4.69) is 4.98 Å². The van der Waals surface area contributed by atoms with Gasteiger partial charge in [0.2, 0.25) is 0 Å². The molecule has 0 bridgehead atoms. The van der Waals surface area contributed by atoms with Crippen LogP contribution in [0.15, 0.2) is 30.3 Å². The summed E-state index contributed by atoms with van der Waals surface area (Å²) in [6.45, 7) is -0.0112. The van der Waals surface area contributed by atoms with Crippen LogP contribution in [0.3, 0.4) is 0 Å². The molecule has 0 fully saturated rings. The van der Waals surface area contributed by atoms with Crippen LogP contribution in [0.4, 0.5) is 0 Å². The van der Waals surface area contributed by atoms with Gasteiger partial charge >= 0.3 is 0 Å². The molecule has 0 saturated carbocycles. The Balaban J connectivity index is 2.81. The van der Waals surface area contributed by atoms with Gasteiger partial charge in [0.25, 0.3) is 0 Å². The lowest BCUT2D eigenvalue weighted by Crippen LogP contribution is -1.88. The minimum Gasteiger partial charge on any atom is -0.392 e. The Bertz CT molecular complexity index is 442. The van der Waals surface area contributed by atoms with E-state index >= 15 is 0 Å². The Kier molecular flexibility index (Phi) is 2.17. The third-order valence-corrected chi connectivity index (χ3v) is 2.13. The van der Waals surface area contributed by atoms with E-state index in [9.17, 15) is 0 Å². The molecule has 1 heterocycles. The van der Waals surface area contributed by atoms with Gasteiger partial charge in [0.1, 0.15) is 5.15 Å². The van der Waals surface area contributed by atoms with Crippen LogP contribution in [-0.4, -0.2) is 10.1 Å². The first-order chi connectivity index (χ1) is 6.31. The number of fused-ring (bicyclic) bond motifs is 1. The van der Waals surface area contributed by atoms with Crippen molar-refractivity contribution >= 4 is 22.5 Å². The van der Waals surface area contributed by atoms with Crippen molar-refractivity contribution in [1.82, 2.24) is 4.98 Å². The fraction of sp³-hybridized carbons (Fsp3) is 0.100. The molecule has 0 atom stereocenters. The minimum absolute atomic E-state index is 0.0112. The van der Waals surface area contributed by atoms with Gasteiger partial charge in [-0.25, -0.2) is 4.98 Å². The normalized spacial score (nSPS) is 10.6.